The van der Waals surface area contributed by atoms with Crippen molar-refractivity contribution in [2.75, 3.05) is 13.1 Å². The average Bonchev–Trinajstić information content (AvgIpc) is 1.89. The maximum atomic E-state index is 5.87. The Labute approximate surface area is 87.5 Å². The van der Waals surface area contributed by atoms with Gasteiger partial charge in [-0.25, -0.2) is 0 Å². The lowest BCUT2D eigenvalue weighted by molar-refractivity contribution is 0.191. The van der Waals surface area contributed by atoms with Gasteiger partial charge in [-0.3, -0.25) is 0 Å². The highest BCUT2D eigenvalue weighted by Gasteiger charge is 2.29. The number of nitrogens with one attached hydrogen (secondary N) is 1. The number of nitrogens with two attached hydrogens (primary N) is 1. The van der Waals surface area contributed by atoms with E-state index < -0.39 is 0 Å². The fourth-order valence-corrected chi connectivity index (χ4v) is 1.45. The number of hydrogen-bond acceptors (Lipinski definition) is 2. The van der Waals surface area contributed by atoms with E-state index in [2.05, 4.69) is 19.2 Å². The summed E-state index contributed by atoms with van der Waals surface area (Å²) in [5.41, 5.74) is 6.27. The zero-order chi connectivity index (χ0) is 7.61. The zero-order valence-electron chi connectivity index (χ0n) is 7.80. The molecule has 0 aromatic heterocycles. The third kappa shape index (κ3) is 3.48. The highest BCUT2D eigenvalue weighted by Crippen LogP contribution is 2.30. The van der Waals surface area contributed by atoms with Crippen LogP contribution in [0.5, 0.6) is 0 Å². The van der Waals surface area contributed by atoms with E-state index >= 15 is 0 Å². The lowest BCUT2D eigenvalue weighted by Gasteiger charge is -2.37. The highest BCUT2D eigenvalue weighted by molar-refractivity contribution is 5.85. The minimum atomic E-state index is 0. The smallest absolute Gasteiger partial charge is 0.00653 e. The first kappa shape index (κ1) is 15.0. The molecule has 0 aromatic rings. The van der Waals surface area contributed by atoms with E-state index in [1.54, 1.807) is 0 Å². The summed E-state index contributed by atoms with van der Waals surface area (Å²) in [5.74, 6) is 0. The molecule has 0 spiro atoms. The second-order valence-corrected chi connectivity index (χ2v) is 3.69. The molecule has 4 heteroatoms. The first-order valence-corrected chi connectivity index (χ1v) is 4.11. The maximum Gasteiger partial charge on any atom is 0.00653 e. The molecular weight excluding hydrogens is 195 g/mol. The molecule has 12 heavy (non-hydrogen) atoms. The van der Waals surface area contributed by atoms with Crippen molar-refractivity contribution in [3.63, 3.8) is 0 Å². The normalized spacial score (nSPS) is 23.2. The summed E-state index contributed by atoms with van der Waals surface area (Å²) in [6.45, 7) is 6.68. The minimum absolute atomic E-state index is 0. The van der Waals surface area contributed by atoms with E-state index in [0.717, 1.165) is 13.1 Å². The van der Waals surface area contributed by atoms with Crippen LogP contribution in [-0.2, 0) is 0 Å². The summed E-state index contributed by atoms with van der Waals surface area (Å²) in [5, 5.41) is 3.34. The van der Waals surface area contributed by atoms with E-state index in [9.17, 15) is 0 Å². The molecule has 1 fully saturated rings. The number of hydrogen-bond donors (Lipinski definition) is 2. The van der Waals surface area contributed by atoms with Crippen molar-refractivity contribution >= 4 is 24.8 Å². The van der Waals surface area contributed by atoms with E-state index in [1.807, 2.05) is 0 Å². The predicted octanol–water partition coefficient (Wildman–Crippen LogP) is 1.57. The van der Waals surface area contributed by atoms with E-state index in [0.29, 0.717) is 11.5 Å². The van der Waals surface area contributed by atoms with Crippen molar-refractivity contribution in [2.45, 2.75) is 32.7 Å². The van der Waals surface area contributed by atoms with Crippen LogP contribution in [0.4, 0.5) is 0 Å². The molecule has 0 aliphatic carbocycles. The minimum Gasteiger partial charge on any atom is -0.327 e. The Morgan fingerprint density at radius 1 is 1.25 bits per heavy atom. The van der Waals surface area contributed by atoms with Crippen LogP contribution in [0.2, 0.25) is 0 Å². The Morgan fingerprint density at radius 3 is 1.92 bits per heavy atom. The van der Waals surface area contributed by atoms with Gasteiger partial charge in [-0.05, 0) is 38.3 Å². The SMILES string of the molecule is CC(N)C1(C)CCNCC1.Cl.Cl. The topological polar surface area (TPSA) is 38.0 Å². The van der Waals surface area contributed by atoms with Crippen molar-refractivity contribution in [2.24, 2.45) is 11.1 Å². The Balaban J connectivity index is 0. The molecule has 1 heterocycles. The third-order valence-corrected chi connectivity index (χ3v) is 2.85. The first-order chi connectivity index (χ1) is 4.65. The largest absolute Gasteiger partial charge is 0.327 e. The second-order valence-electron chi connectivity index (χ2n) is 3.69. The lowest BCUT2D eigenvalue weighted by Crippen LogP contribution is -2.45. The lowest BCUT2D eigenvalue weighted by atomic mass is 9.76. The van der Waals surface area contributed by atoms with Crippen molar-refractivity contribution in [3.05, 3.63) is 0 Å². The average molecular weight is 215 g/mol. The molecule has 1 aliphatic heterocycles. The number of rotatable bonds is 1. The predicted molar refractivity (Wildman–Crippen MR) is 58.4 cm³/mol. The Bertz CT molecular complexity index is 112. The monoisotopic (exact) mass is 214 g/mol. The molecule has 1 atom stereocenters. The van der Waals surface area contributed by atoms with Crippen molar-refractivity contribution in [3.8, 4) is 0 Å². The van der Waals surface area contributed by atoms with E-state index in [4.69, 9.17) is 5.73 Å². The molecule has 76 valence electrons. The molecule has 2 nitrogen and oxygen atoms in total. The highest BCUT2D eigenvalue weighted by atomic mass is 35.5. The summed E-state index contributed by atoms with van der Waals surface area (Å²) in [7, 11) is 0. The molecule has 0 aromatic carbocycles. The van der Waals surface area contributed by atoms with Crippen LogP contribution in [-0.4, -0.2) is 19.1 Å². The Hall–Kier alpha value is 0.500. The third-order valence-electron chi connectivity index (χ3n) is 2.85. The van der Waals surface area contributed by atoms with E-state index in [-0.39, 0.29) is 24.8 Å². The van der Waals surface area contributed by atoms with Gasteiger partial charge in [-0.2, -0.15) is 0 Å². The fourth-order valence-electron chi connectivity index (χ4n) is 1.45. The van der Waals surface area contributed by atoms with Gasteiger partial charge in [0, 0.05) is 6.04 Å². The van der Waals surface area contributed by atoms with Crippen LogP contribution >= 0.6 is 24.8 Å². The zero-order valence-corrected chi connectivity index (χ0v) is 9.43. The van der Waals surface area contributed by atoms with Crippen LogP contribution in [0.25, 0.3) is 0 Å². The van der Waals surface area contributed by atoms with Gasteiger partial charge in [0.15, 0.2) is 0 Å². The fraction of sp³-hybridized carbons (Fsp3) is 1.00. The van der Waals surface area contributed by atoms with Gasteiger partial charge in [0.25, 0.3) is 0 Å². The van der Waals surface area contributed by atoms with E-state index in [1.165, 1.54) is 12.8 Å². The van der Waals surface area contributed by atoms with Gasteiger partial charge < -0.3 is 11.1 Å². The van der Waals surface area contributed by atoms with Gasteiger partial charge >= 0.3 is 0 Å². The Morgan fingerprint density at radius 2 is 1.67 bits per heavy atom. The molecular formula is C8H20Cl2N2. The van der Waals surface area contributed by atoms with Crippen molar-refractivity contribution < 1.29 is 0 Å². The summed E-state index contributed by atoms with van der Waals surface area (Å²) < 4.78 is 0. The first-order valence-electron chi connectivity index (χ1n) is 4.11. The molecule has 0 bridgehead atoms. The van der Waals surface area contributed by atoms with Gasteiger partial charge in [0.05, 0.1) is 0 Å². The second kappa shape index (κ2) is 6.03. The molecule has 1 rings (SSSR count). The van der Waals surface area contributed by atoms with Crippen molar-refractivity contribution in [1.29, 1.82) is 0 Å². The van der Waals surface area contributed by atoms with Gasteiger partial charge in [-0.15, -0.1) is 24.8 Å². The van der Waals surface area contributed by atoms with Crippen LogP contribution in [0, 0.1) is 5.41 Å². The summed E-state index contributed by atoms with van der Waals surface area (Å²) in [4.78, 5) is 0. The van der Waals surface area contributed by atoms with Crippen LogP contribution in [0.1, 0.15) is 26.7 Å². The molecule has 1 aliphatic rings. The summed E-state index contributed by atoms with van der Waals surface area (Å²) in [6, 6.07) is 0.342. The quantitative estimate of drug-likeness (QED) is 0.696. The summed E-state index contributed by atoms with van der Waals surface area (Å²) >= 11 is 0. The Kier molecular flexibility index (Phi) is 7.54. The molecule has 1 unspecified atom stereocenters. The van der Waals surface area contributed by atoms with Crippen molar-refractivity contribution in [1.82, 2.24) is 5.32 Å². The molecule has 0 saturated carbocycles. The maximum absolute atomic E-state index is 5.87. The molecule has 1 saturated heterocycles. The van der Waals surface area contributed by atoms with Crippen LogP contribution in [0.15, 0.2) is 0 Å². The molecule has 0 radical (unpaired) electrons. The van der Waals surface area contributed by atoms with Crippen LogP contribution in [0.3, 0.4) is 0 Å². The van der Waals surface area contributed by atoms with Gasteiger partial charge in [-0.1, -0.05) is 6.92 Å². The summed E-state index contributed by atoms with van der Waals surface area (Å²) in [6.07, 6.45) is 2.45. The van der Waals surface area contributed by atoms with Crippen LogP contribution < -0.4 is 11.1 Å². The van der Waals surface area contributed by atoms with Gasteiger partial charge in [0.2, 0.25) is 0 Å². The number of piperidine rings is 1. The molecule has 0 amide bonds. The molecule has 3 N–H and O–H groups in total. The van der Waals surface area contributed by atoms with Gasteiger partial charge in [0.1, 0.15) is 0 Å². The number of halogens is 2. The standard InChI is InChI=1S/C8H18N2.2ClH/c1-7(9)8(2)3-5-10-6-4-8;;/h7,10H,3-6,9H2,1-2H3;2*1H.